The summed E-state index contributed by atoms with van der Waals surface area (Å²) in [5.74, 6) is 0. The van der Waals surface area contributed by atoms with Crippen LogP contribution in [0.25, 0.3) is 0 Å². The fourth-order valence-corrected chi connectivity index (χ4v) is 0. The van der Waals surface area contributed by atoms with E-state index in [-0.39, 0.29) is 0 Å². The van der Waals surface area contributed by atoms with Crippen molar-refractivity contribution in [3.63, 3.8) is 0 Å². The molecule has 0 aliphatic carbocycles. The molecule has 0 aliphatic rings. The van der Waals surface area contributed by atoms with Crippen LogP contribution in [0, 0.1) is 0 Å². The molecule has 0 saturated heterocycles. The van der Waals surface area contributed by atoms with E-state index in [1.165, 1.54) is 0 Å². The van der Waals surface area contributed by atoms with Gasteiger partial charge in [0.1, 0.15) is 0 Å². The second-order valence-corrected chi connectivity index (χ2v) is 1.48. The van der Waals surface area contributed by atoms with Crippen LogP contribution in [0.5, 0.6) is 0 Å². The van der Waals surface area contributed by atoms with Gasteiger partial charge < -0.3 is 0 Å². The van der Waals surface area contributed by atoms with Crippen LogP contribution in [0.2, 0.25) is 0 Å². The molecule has 0 rings (SSSR count). The molecule has 0 bridgehead atoms. The molecule has 0 amide bonds. The Morgan fingerprint density at radius 1 is 2.00 bits per heavy atom. The molecule has 0 heterocycles. The monoisotopic (exact) mass is 89.0 g/mol. The van der Waals surface area contributed by atoms with Gasteiger partial charge in [0, 0.05) is 0 Å². The maximum atomic E-state index is 3.29. The van der Waals surface area contributed by atoms with E-state index >= 15 is 0 Å². The zero-order valence-corrected chi connectivity index (χ0v) is 4.05. The summed E-state index contributed by atoms with van der Waals surface area (Å²) >= 11 is 0. The van der Waals surface area contributed by atoms with Crippen LogP contribution in [0.4, 0.5) is 0 Å². The molecule has 4 heavy (non-hydrogen) atoms. The Bertz CT molecular complexity index is 54.1. The van der Waals surface area contributed by atoms with E-state index < -0.39 is 0 Å². The van der Waals surface area contributed by atoms with Crippen molar-refractivity contribution in [2.75, 3.05) is 0 Å². The molecule has 0 aromatic carbocycles. The fraction of sp³-hybridized carbons (Fsp3) is 0. The molecule has 0 spiro atoms. The first-order valence-electron chi connectivity index (χ1n) is 0.801. The van der Waals surface area contributed by atoms with E-state index in [2.05, 4.69) is 20.6 Å². The van der Waals surface area contributed by atoms with Crippen molar-refractivity contribution in [3.05, 3.63) is 6.58 Å². The molecule has 0 radical (unpaired) electrons. The van der Waals surface area contributed by atoms with Crippen molar-refractivity contribution in [2.45, 2.75) is 0 Å². The maximum absolute atomic E-state index is 3.29. The van der Waals surface area contributed by atoms with Crippen LogP contribution in [-0.4, -0.2) is 5.45 Å². The van der Waals surface area contributed by atoms with E-state index in [9.17, 15) is 0 Å². The van der Waals surface area contributed by atoms with Gasteiger partial charge in [-0.1, -0.05) is 0 Å². The van der Waals surface area contributed by atoms with E-state index in [0.29, 0.717) is 0 Å². The Kier molecular flexibility index (Phi) is 3.70. The third-order valence-corrected chi connectivity index (χ3v) is 0.712. The van der Waals surface area contributed by atoms with E-state index in [0.717, 1.165) is 7.49 Å². The second kappa shape index (κ2) is 3.38. The molecule has 2 heteroatoms. The van der Waals surface area contributed by atoms with Gasteiger partial charge >= 0.3 is 28.0 Å². The molecule has 0 saturated carbocycles. The summed E-state index contributed by atoms with van der Waals surface area (Å²) in [5, 5.41) is 0. The quantitative estimate of drug-likeness (QED) is 0.395. The second-order valence-electron chi connectivity index (χ2n) is 0.270. The zero-order chi connectivity index (χ0) is 3.41. The van der Waals surface area contributed by atoms with Crippen LogP contribution >= 0.6 is 16.0 Å². The molecule has 0 atom stereocenters. The van der Waals surface area contributed by atoms with Gasteiger partial charge in [-0.15, -0.1) is 0 Å². The minimum absolute atomic E-state index is 0.943. The molecule has 0 aromatic heterocycles. The molecule has 0 fully saturated rings. The van der Waals surface area contributed by atoms with Crippen molar-refractivity contribution in [1.29, 1.82) is 0 Å². The first-order valence-corrected chi connectivity index (χ1v) is 3.04. The summed E-state index contributed by atoms with van der Waals surface area (Å²) < 4.78 is 0. The van der Waals surface area contributed by atoms with E-state index in [1.807, 2.05) is 0 Å². The van der Waals surface area contributed by atoms with Crippen LogP contribution in [0.15, 0.2) is 6.58 Å². The van der Waals surface area contributed by atoms with Crippen molar-refractivity contribution < 1.29 is 0 Å². The molecule has 0 aromatic rings. The van der Waals surface area contributed by atoms with Crippen molar-refractivity contribution in [1.82, 2.24) is 0 Å². The van der Waals surface area contributed by atoms with Gasteiger partial charge in [-0.05, 0) is 0 Å². The van der Waals surface area contributed by atoms with Crippen LogP contribution in [0.1, 0.15) is 0 Å². The predicted molar refractivity (Wildman–Crippen MR) is 25.9 cm³/mol. The molecule has 0 N–H and O–H groups in total. The van der Waals surface area contributed by atoms with Gasteiger partial charge in [-0.2, -0.15) is 0 Å². The minimum atomic E-state index is 0.943. The number of hydrogen-bond acceptors (Lipinski definition) is 0. The average molecular weight is 89.0 g/mol. The molecule has 0 nitrogen and oxygen atoms in total. The van der Waals surface area contributed by atoms with Crippen molar-refractivity contribution in [2.24, 2.45) is 0 Å². The van der Waals surface area contributed by atoms with Crippen LogP contribution < -0.4 is 0 Å². The molecular weight excluding hydrogens is 86.0 g/mol. The van der Waals surface area contributed by atoms with Crippen LogP contribution in [0.3, 0.4) is 0 Å². The van der Waals surface area contributed by atoms with Gasteiger partial charge in [-0.3, -0.25) is 0 Å². The summed E-state index contributed by atoms with van der Waals surface area (Å²) in [7, 11) is 4.03. The topological polar surface area (TPSA) is 0 Å². The van der Waals surface area contributed by atoms with Gasteiger partial charge in [-0.25, -0.2) is 0 Å². The van der Waals surface area contributed by atoms with Gasteiger partial charge in [0.15, 0.2) is 0 Å². The van der Waals surface area contributed by atoms with E-state index in [1.54, 1.807) is 0 Å². The summed E-state index contributed by atoms with van der Waals surface area (Å²) in [6.45, 7) is 3.29. The van der Waals surface area contributed by atoms with Crippen molar-refractivity contribution >= 4 is 21.5 Å². The summed E-state index contributed by atoms with van der Waals surface area (Å²) in [6, 6.07) is 0. The molecule has 0 aliphatic heterocycles. The Balaban J connectivity index is 3.95. The third kappa shape index (κ3) is 2.38. The van der Waals surface area contributed by atoms with Crippen molar-refractivity contribution in [3.8, 4) is 0 Å². The van der Waals surface area contributed by atoms with Gasteiger partial charge in [0.25, 0.3) is 0 Å². The Morgan fingerprint density at radius 2 is 2.25 bits per heavy atom. The third-order valence-electron chi connectivity index (χ3n) is 0.0791. The van der Waals surface area contributed by atoms with Gasteiger partial charge in [0.2, 0.25) is 0 Å². The summed E-state index contributed by atoms with van der Waals surface area (Å²) in [5.41, 5.74) is 2.57. The number of rotatable bonds is 0. The molecule has 20 valence electrons. The summed E-state index contributed by atoms with van der Waals surface area (Å²) in [6.07, 6.45) is 0. The van der Waals surface area contributed by atoms with E-state index in [4.69, 9.17) is 0 Å². The fourth-order valence-electron chi connectivity index (χ4n) is 0. The average Bonchev–Trinajstić information content (AvgIpc) is 1.37. The predicted octanol–water partition coefficient (Wildman–Crippen LogP) is 1.58. The molecule has 0 unspecified atom stereocenters. The zero-order valence-electron chi connectivity index (χ0n) is 2.15. The Morgan fingerprint density at radius 3 is 2.25 bits per heavy atom. The standard InChI is InChI=1S/C2H3P2/c1-2-4-3/h3H,1H2/q+1. The van der Waals surface area contributed by atoms with Crippen LogP contribution in [-0.2, 0) is 0 Å². The number of hydrogen-bond donors (Lipinski definition) is 0. The SMILES string of the molecule is C=C=[P+]=P. The molecular formula is C2H3P2+. The van der Waals surface area contributed by atoms with Gasteiger partial charge in [0.05, 0.1) is 0 Å². The Hall–Kier alpha value is 0.380. The summed E-state index contributed by atoms with van der Waals surface area (Å²) in [4.78, 5) is 0. The normalized spacial score (nSPS) is 4.00. The first kappa shape index (κ1) is 4.38. The first-order chi connectivity index (χ1) is 1.91. The Labute approximate surface area is 29.0 Å².